The molecule has 66 heavy (non-hydrogen) atoms. The maximum Gasteiger partial charge on any atom is 0.380 e. The van der Waals surface area contributed by atoms with Crippen LogP contribution in [0.25, 0.3) is 4.91 Å². The molecule has 4 atom stereocenters. The molecule has 5 aliphatic carbocycles. The number of allylic oxidation sites excluding steroid dienone is 16. The third-order valence-electron chi connectivity index (χ3n) is 15.0. The summed E-state index contributed by atoms with van der Waals surface area (Å²) in [6.07, 6.45) is 1.90. The number of rotatable bonds is 3. The van der Waals surface area contributed by atoms with E-state index in [1.807, 2.05) is 0 Å². The van der Waals surface area contributed by atoms with Crippen molar-refractivity contribution in [1.29, 1.82) is 0 Å². The number of hydrogen-bond donors (Lipinski definition) is 0. The molecule has 0 spiro atoms. The SMILES string of the molecule is CC1=C[C@@]2(C)C(=C3C(=C4SC(C)=C(C5=C(C6=C(C)SC7=C8C(=C9C=C(c%10ccccc%10)S[C@]9(C)[C@]76C)C(F)(F)C(F)(F)C8(F)F)C(F)(F)C(F)(F)C5(F)F)[C@@]42C)C(F)(F)C(F)(F)C3(F)F)S1. The Morgan fingerprint density at radius 1 is 0.409 bits per heavy atom. The smallest absolute Gasteiger partial charge is 0.194 e. The number of halogens is 18. The average Bonchev–Trinajstić information content (AvgIpc) is 3.93. The average molecular weight is 1030 g/mol. The van der Waals surface area contributed by atoms with Crippen LogP contribution in [0.1, 0.15) is 54.0 Å². The summed E-state index contributed by atoms with van der Waals surface area (Å²) in [5.74, 6) is -53.9. The van der Waals surface area contributed by atoms with Crippen molar-refractivity contribution in [2.45, 2.75) is 107 Å². The minimum Gasteiger partial charge on any atom is -0.194 e. The summed E-state index contributed by atoms with van der Waals surface area (Å²) in [6.45, 7) is 6.47. The highest BCUT2D eigenvalue weighted by molar-refractivity contribution is 8.10. The van der Waals surface area contributed by atoms with Crippen LogP contribution in [0.3, 0.4) is 0 Å². The molecule has 0 aromatic heterocycles. The molecule has 0 N–H and O–H groups in total. The zero-order valence-corrected chi connectivity index (χ0v) is 37.7. The van der Waals surface area contributed by atoms with E-state index in [9.17, 15) is 0 Å². The van der Waals surface area contributed by atoms with E-state index < -0.39 is 149 Å². The van der Waals surface area contributed by atoms with E-state index in [1.165, 1.54) is 37.3 Å². The molecule has 0 bridgehead atoms. The normalized spacial score (nSPS) is 37.4. The van der Waals surface area contributed by atoms with Gasteiger partial charge in [-0.2, -0.15) is 79.0 Å². The Kier molecular flexibility index (Phi) is 8.71. The van der Waals surface area contributed by atoms with Gasteiger partial charge >= 0.3 is 53.3 Å². The first-order chi connectivity index (χ1) is 29.8. The molecule has 2 fully saturated rings. The van der Waals surface area contributed by atoms with Gasteiger partial charge in [-0.15, -0.1) is 11.8 Å². The van der Waals surface area contributed by atoms with Crippen LogP contribution >= 0.6 is 47.0 Å². The van der Waals surface area contributed by atoms with Gasteiger partial charge in [0.2, 0.25) is 0 Å². The molecule has 4 heterocycles. The molecule has 22 heteroatoms. The molecule has 10 rings (SSSR count). The maximum absolute atomic E-state index is 17.3. The van der Waals surface area contributed by atoms with Crippen LogP contribution in [-0.2, 0) is 0 Å². The Morgan fingerprint density at radius 3 is 1.26 bits per heavy atom. The molecule has 0 saturated heterocycles. The van der Waals surface area contributed by atoms with Crippen LogP contribution in [0, 0.1) is 16.2 Å². The molecule has 1 aromatic rings. The lowest BCUT2D eigenvalue weighted by Gasteiger charge is -2.50. The van der Waals surface area contributed by atoms with Gasteiger partial charge in [-0.1, -0.05) is 78.6 Å². The first kappa shape index (κ1) is 46.7. The van der Waals surface area contributed by atoms with Crippen LogP contribution in [0.2, 0.25) is 0 Å². The predicted octanol–water partition coefficient (Wildman–Crippen LogP) is 16.4. The van der Waals surface area contributed by atoms with Gasteiger partial charge in [0.25, 0.3) is 0 Å². The molecule has 0 unspecified atom stereocenters. The second kappa shape index (κ2) is 12.3. The standard InChI is InChI=1S/C44H28F18S4/c1-15-14-32(4)29(63-15)27-28(41(55,56)44(61,62)40(27,53)54)30-33(32,5)21(16(2)64-30)24-25(38(49,50)43(59,60)37(24,47)48)22-17(3)65-31-26-23(36(45,46)42(57,58)39(26,51)52)19-13-20(18-11-9-8-10-12-18)66-35(19,7)34(22,31)6/h8-14H,1-7H3/t32-,33-,34-,35-/m0/s1. The highest BCUT2D eigenvalue weighted by Crippen LogP contribution is 2.84. The number of thioether (sulfide) groups is 4. The zero-order chi connectivity index (χ0) is 49.1. The summed E-state index contributed by atoms with van der Waals surface area (Å²) in [6, 6.07) is 7.20. The van der Waals surface area contributed by atoms with Gasteiger partial charge < -0.3 is 0 Å². The fourth-order valence-corrected chi connectivity index (χ4v) is 17.7. The topological polar surface area (TPSA) is 0 Å². The van der Waals surface area contributed by atoms with E-state index in [1.54, 1.807) is 0 Å². The van der Waals surface area contributed by atoms with E-state index in [4.69, 9.17) is 0 Å². The van der Waals surface area contributed by atoms with Crippen LogP contribution in [-0.4, -0.2) is 58.0 Å². The molecule has 4 aliphatic heterocycles. The van der Waals surface area contributed by atoms with Crippen LogP contribution in [0.4, 0.5) is 79.0 Å². The fourth-order valence-electron chi connectivity index (χ4n) is 11.5. The van der Waals surface area contributed by atoms with E-state index in [0.29, 0.717) is 11.8 Å². The van der Waals surface area contributed by atoms with Gasteiger partial charge in [-0.05, 0) is 84.6 Å². The van der Waals surface area contributed by atoms with E-state index >= 15 is 79.0 Å². The van der Waals surface area contributed by atoms with Crippen LogP contribution < -0.4 is 0 Å². The maximum atomic E-state index is 17.3. The largest absolute Gasteiger partial charge is 0.380 e. The monoisotopic (exact) mass is 1030 g/mol. The summed E-state index contributed by atoms with van der Waals surface area (Å²) in [5, 5.41) is 0. The van der Waals surface area contributed by atoms with Crippen molar-refractivity contribution >= 4 is 52.0 Å². The van der Waals surface area contributed by atoms with Gasteiger partial charge in [0, 0.05) is 69.3 Å². The third-order valence-corrected chi connectivity index (χ3v) is 20.5. The lowest BCUT2D eigenvalue weighted by molar-refractivity contribution is -0.264. The molecule has 0 nitrogen and oxygen atoms in total. The molecular formula is C44H28F18S4. The quantitative estimate of drug-likeness (QED) is 0.277. The first-order valence-corrected chi connectivity index (χ1v) is 22.9. The second-order valence-corrected chi connectivity index (χ2v) is 23.4. The number of alkyl halides is 18. The van der Waals surface area contributed by atoms with Crippen molar-refractivity contribution in [3.8, 4) is 0 Å². The van der Waals surface area contributed by atoms with E-state index in [-0.39, 0.29) is 50.7 Å². The summed E-state index contributed by atoms with van der Waals surface area (Å²) >= 11 is 0.646. The molecule has 0 radical (unpaired) electrons. The van der Waals surface area contributed by atoms with Gasteiger partial charge in [0.1, 0.15) is 0 Å². The Bertz CT molecular complexity index is 2890. The van der Waals surface area contributed by atoms with Crippen molar-refractivity contribution in [3.63, 3.8) is 0 Å². The fraction of sp³-hybridized carbons (Fsp3) is 0.455. The van der Waals surface area contributed by atoms with Gasteiger partial charge in [-0.25, -0.2) is 0 Å². The minimum atomic E-state index is -6.50. The van der Waals surface area contributed by atoms with E-state index in [0.717, 1.165) is 53.7 Å². The van der Waals surface area contributed by atoms with E-state index in [2.05, 4.69) is 0 Å². The van der Waals surface area contributed by atoms with Crippen LogP contribution in [0.15, 0.2) is 122 Å². The highest BCUT2D eigenvalue weighted by Gasteiger charge is 2.89. The van der Waals surface area contributed by atoms with Gasteiger partial charge in [0.05, 0.1) is 4.75 Å². The Labute approximate surface area is 380 Å². The number of benzene rings is 1. The van der Waals surface area contributed by atoms with Crippen molar-refractivity contribution in [2.24, 2.45) is 16.2 Å². The molecule has 0 amide bonds. The molecule has 354 valence electrons. The summed E-state index contributed by atoms with van der Waals surface area (Å²) in [7, 11) is 0. The van der Waals surface area contributed by atoms with Crippen molar-refractivity contribution < 1.29 is 79.0 Å². The number of hydrogen-bond acceptors (Lipinski definition) is 4. The van der Waals surface area contributed by atoms with Crippen molar-refractivity contribution in [3.05, 3.63) is 128 Å². The molecular weight excluding hydrogens is 999 g/mol. The summed E-state index contributed by atoms with van der Waals surface area (Å²) in [4.78, 5) is -4.93. The predicted molar refractivity (Wildman–Crippen MR) is 216 cm³/mol. The first-order valence-electron chi connectivity index (χ1n) is 19.6. The minimum absolute atomic E-state index is 0.0426. The zero-order valence-electron chi connectivity index (χ0n) is 34.5. The Hall–Kier alpha value is -2.98. The van der Waals surface area contributed by atoms with Crippen molar-refractivity contribution in [2.75, 3.05) is 0 Å². The lowest BCUT2D eigenvalue weighted by Crippen LogP contribution is -2.51. The number of fused-ring (bicyclic) bond motifs is 8. The van der Waals surface area contributed by atoms with Crippen LogP contribution in [0.5, 0.6) is 0 Å². The third kappa shape index (κ3) is 4.42. The van der Waals surface area contributed by atoms with Gasteiger partial charge in [0.15, 0.2) is 0 Å². The van der Waals surface area contributed by atoms with Gasteiger partial charge in [-0.3, -0.25) is 0 Å². The lowest BCUT2D eigenvalue weighted by atomic mass is 9.55. The summed E-state index contributed by atoms with van der Waals surface area (Å²) < 4.78 is 290. The Balaban J connectivity index is 1.32. The highest BCUT2D eigenvalue weighted by atomic mass is 32.2. The second-order valence-electron chi connectivity index (χ2n) is 18.2. The molecule has 2 saturated carbocycles. The Morgan fingerprint density at radius 2 is 0.788 bits per heavy atom. The van der Waals surface area contributed by atoms with Crippen molar-refractivity contribution in [1.82, 2.24) is 0 Å². The summed E-state index contributed by atoms with van der Waals surface area (Å²) in [5.41, 5.74) is -23.9. The molecule has 9 aliphatic rings. The molecule has 1 aromatic carbocycles.